The van der Waals surface area contributed by atoms with E-state index in [0.29, 0.717) is 10.0 Å². The Hall–Kier alpha value is -0.770. The molecule has 0 aliphatic carbocycles. The smallest absolute Gasteiger partial charge is 0.228 e. The molecule has 20 heavy (non-hydrogen) atoms. The van der Waals surface area contributed by atoms with Crippen molar-refractivity contribution in [1.82, 2.24) is 10.6 Å². The fourth-order valence-corrected chi connectivity index (χ4v) is 3.25. The van der Waals surface area contributed by atoms with E-state index in [0.717, 1.165) is 31.5 Å². The van der Waals surface area contributed by atoms with Crippen molar-refractivity contribution in [3.05, 3.63) is 33.8 Å². The van der Waals surface area contributed by atoms with Crippen molar-refractivity contribution in [3.63, 3.8) is 0 Å². The van der Waals surface area contributed by atoms with Gasteiger partial charge in [-0.25, -0.2) is 0 Å². The molecule has 0 bridgehead atoms. The molecule has 110 valence electrons. The van der Waals surface area contributed by atoms with Gasteiger partial charge in [0.2, 0.25) is 5.91 Å². The van der Waals surface area contributed by atoms with Crippen molar-refractivity contribution < 1.29 is 4.79 Å². The molecule has 1 aliphatic rings. The van der Waals surface area contributed by atoms with E-state index in [2.05, 4.69) is 17.6 Å². The average molecular weight is 315 g/mol. The highest BCUT2D eigenvalue weighted by Gasteiger charge is 2.39. The monoisotopic (exact) mass is 314 g/mol. The van der Waals surface area contributed by atoms with E-state index in [1.54, 1.807) is 12.1 Å². The van der Waals surface area contributed by atoms with E-state index in [-0.39, 0.29) is 17.4 Å². The van der Waals surface area contributed by atoms with Crippen LogP contribution in [0.25, 0.3) is 0 Å². The second-order valence-corrected chi connectivity index (χ2v) is 6.27. The summed E-state index contributed by atoms with van der Waals surface area (Å²) >= 11 is 12.1. The van der Waals surface area contributed by atoms with E-state index in [1.807, 2.05) is 13.0 Å². The summed E-state index contributed by atoms with van der Waals surface area (Å²) in [5.74, 6) is 0.100. The van der Waals surface area contributed by atoms with Crippen LogP contribution >= 0.6 is 23.2 Å². The van der Waals surface area contributed by atoms with Gasteiger partial charge in [0, 0.05) is 16.6 Å². The third kappa shape index (κ3) is 3.11. The van der Waals surface area contributed by atoms with Crippen LogP contribution in [-0.2, 0) is 4.79 Å². The summed E-state index contributed by atoms with van der Waals surface area (Å²) in [7, 11) is 0. The van der Waals surface area contributed by atoms with Crippen molar-refractivity contribution in [3.8, 4) is 0 Å². The van der Waals surface area contributed by atoms with Gasteiger partial charge in [0.1, 0.15) is 0 Å². The average Bonchev–Trinajstić information content (AvgIpc) is 2.88. The third-order valence-corrected chi connectivity index (χ3v) is 4.74. The Kier molecular flexibility index (Phi) is 4.95. The van der Waals surface area contributed by atoms with Crippen LogP contribution in [0.1, 0.15) is 38.3 Å². The Bertz CT molecular complexity index is 499. The minimum atomic E-state index is -0.285. The molecule has 1 amide bonds. The van der Waals surface area contributed by atoms with Gasteiger partial charge in [0.15, 0.2) is 0 Å². The number of hydrogen-bond acceptors (Lipinski definition) is 2. The Morgan fingerprint density at radius 1 is 1.50 bits per heavy atom. The molecule has 1 saturated heterocycles. The lowest BCUT2D eigenvalue weighted by Crippen LogP contribution is -2.43. The zero-order valence-electron chi connectivity index (χ0n) is 11.8. The molecule has 1 fully saturated rings. The number of rotatable bonds is 4. The maximum absolute atomic E-state index is 12.5. The number of benzene rings is 1. The first-order valence-electron chi connectivity index (χ1n) is 6.95. The van der Waals surface area contributed by atoms with Gasteiger partial charge in [-0.05, 0) is 44.0 Å². The Balaban J connectivity index is 2.10. The minimum Gasteiger partial charge on any atom is -0.349 e. The fourth-order valence-electron chi connectivity index (χ4n) is 2.68. The number of amides is 1. The second kappa shape index (κ2) is 6.33. The normalized spacial score (nSPS) is 23.6. The molecular formula is C15H20Cl2N2O. The maximum atomic E-state index is 12.5. The molecule has 1 aliphatic heterocycles. The number of halogens is 2. The summed E-state index contributed by atoms with van der Waals surface area (Å²) in [5, 5.41) is 7.54. The van der Waals surface area contributed by atoms with Crippen LogP contribution in [0, 0.1) is 5.41 Å². The van der Waals surface area contributed by atoms with Crippen LogP contribution in [0.4, 0.5) is 0 Å². The molecule has 0 aromatic heterocycles. The van der Waals surface area contributed by atoms with Gasteiger partial charge >= 0.3 is 0 Å². The molecule has 0 spiro atoms. The van der Waals surface area contributed by atoms with Crippen LogP contribution in [0.2, 0.25) is 10.0 Å². The highest BCUT2D eigenvalue weighted by molar-refractivity contribution is 6.35. The first-order chi connectivity index (χ1) is 9.48. The molecule has 2 atom stereocenters. The number of nitrogens with one attached hydrogen (secondary N) is 2. The lowest BCUT2D eigenvalue weighted by Gasteiger charge is -2.28. The molecule has 2 N–H and O–H groups in total. The molecule has 1 aromatic carbocycles. The van der Waals surface area contributed by atoms with Crippen LogP contribution in [0.15, 0.2) is 18.2 Å². The predicted octanol–water partition coefficient (Wildman–Crippen LogP) is 3.56. The highest BCUT2D eigenvalue weighted by atomic mass is 35.5. The predicted molar refractivity (Wildman–Crippen MR) is 83.2 cm³/mol. The van der Waals surface area contributed by atoms with E-state index in [9.17, 15) is 4.79 Å². The molecule has 1 aromatic rings. The maximum Gasteiger partial charge on any atom is 0.228 e. The first kappa shape index (κ1) is 15.6. The quantitative estimate of drug-likeness (QED) is 0.892. The summed E-state index contributed by atoms with van der Waals surface area (Å²) < 4.78 is 0. The summed E-state index contributed by atoms with van der Waals surface area (Å²) in [6.07, 6.45) is 1.73. The van der Waals surface area contributed by atoms with Gasteiger partial charge in [-0.15, -0.1) is 0 Å². The van der Waals surface area contributed by atoms with Crippen molar-refractivity contribution in [1.29, 1.82) is 0 Å². The Morgan fingerprint density at radius 3 is 2.80 bits per heavy atom. The van der Waals surface area contributed by atoms with E-state index < -0.39 is 0 Å². The molecule has 2 unspecified atom stereocenters. The van der Waals surface area contributed by atoms with Crippen molar-refractivity contribution in [2.75, 3.05) is 13.1 Å². The third-order valence-electron chi connectivity index (χ3n) is 4.18. The van der Waals surface area contributed by atoms with Crippen molar-refractivity contribution in [2.45, 2.75) is 32.7 Å². The van der Waals surface area contributed by atoms with Gasteiger partial charge < -0.3 is 10.6 Å². The number of carbonyl (C=O) groups is 1. The summed E-state index contributed by atoms with van der Waals surface area (Å²) in [4.78, 5) is 12.5. The first-order valence-corrected chi connectivity index (χ1v) is 7.71. The van der Waals surface area contributed by atoms with Crippen LogP contribution < -0.4 is 10.6 Å². The van der Waals surface area contributed by atoms with E-state index in [1.165, 1.54) is 0 Å². The Labute approximate surface area is 130 Å². The molecule has 0 saturated carbocycles. The molecule has 2 rings (SSSR count). The summed E-state index contributed by atoms with van der Waals surface area (Å²) in [6, 6.07) is 5.23. The lowest BCUT2D eigenvalue weighted by atomic mass is 9.83. The van der Waals surface area contributed by atoms with Crippen LogP contribution in [-0.4, -0.2) is 19.0 Å². The van der Waals surface area contributed by atoms with Gasteiger partial charge in [0.25, 0.3) is 0 Å². The highest BCUT2D eigenvalue weighted by Crippen LogP contribution is 2.32. The summed E-state index contributed by atoms with van der Waals surface area (Å²) in [6.45, 7) is 5.65. The zero-order valence-corrected chi connectivity index (χ0v) is 13.3. The fraction of sp³-hybridized carbons (Fsp3) is 0.533. The lowest BCUT2D eigenvalue weighted by molar-refractivity contribution is -0.131. The van der Waals surface area contributed by atoms with Crippen molar-refractivity contribution in [2.24, 2.45) is 5.41 Å². The second-order valence-electron chi connectivity index (χ2n) is 5.42. The molecule has 0 radical (unpaired) electrons. The van der Waals surface area contributed by atoms with E-state index in [4.69, 9.17) is 23.2 Å². The SMILES string of the molecule is CCC1(C(=O)NC(C)c2ccc(Cl)cc2Cl)CCNC1. The number of carbonyl (C=O) groups excluding carboxylic acids is 1. The number of hydrogen-bond donors (Lipinski definition) is 2. The molecular weight excluding hydrogens is 295 g/mol. The topological polar surface area (TPSA) is 41.1 Å². The zero-order chi connectivity index (χ0) is 14.8. The standard InChI is InChI=1S/C15H20Cl2N2O/c1-3-15(6-7-18-9-15)14(20)19-10(2)12-5-4-11(16)8-13(12)17/h4-5,8,10,18H,3,6-7,9H2,1-2H3,(H,19,20). The molecule has 3 nitrogen and oxygen atoms in total. The van der Waals surface area contributed by atoms with Crippen LogP contribution in [0.3, 0.4) is 0 Å². The minimum absolute atomic E-state index is 0.100. The molecule has 1 heterocycles. The van der Waals surface area contributed by atoms with Gasteiger partial charge in [-0.3, -0.25) is 4.79 Å². The summed E-state index contributed by atoms with van der Waals surface area (Å²) in [5.41, 5.74) is 0.606. The Morgan fingerprint density at radius 2 is 2.25 bits per heavy atom. The largest absolute Gasteiger partial charge is 0.349 e. The van der Waals surface area contributed by atoms with Crippen LogP contribution in [0.5, 0.6) is 0 Å². The molecule has 5 heteroatoms. The van der Waals surface area contributed by atoms with E-state index >= 15 is 0 Å². The van der Waals surface area contributed by atoms with Gasteiger partial charge in [-0.2, -0.15) is 0 Å². The van der Waals surface area contributed by atoms with Gasteiger partial charge in [-0.1, -0.05) is 36.2 Å². The van der Waals surface area contributed by atoms with Gasteiger partial charge in [0.05, 0.1) is 11.5 Å². The van der Waals surface area contributed by atoms with Crippen molar-refractivity contribution >= 4 is 29.1 Å².